The molecule has 3 aromatic carbocycles. The maximum absolute atomic E-state index is 13.0. The maximum atomic E-state index is 13.0. The number of amides is 1. The van der Waals surface area contributed by atoms with E-state index in [0.29, 0.717) is 11.1 Å². The summed E-state index contributed by atoms with van der Waals surface area (Å²) < 4.78 is 0. The smallest absolute Gasteiger partial charge is 0.336 e. The standard InChI is InChI=1S/C25H23NO6/c1-15-11-12-17(14-20(15)18-9-5-6-10-19(18)24(29)30)23(28)26-21(22(27)25(31)32)13-16-7-3-2-4-8-16/h2-12,14,21-22,27H,13H2,1H3,(H,26,28)(H,29,30)(H,31,32)/t21-,22-/m1/s1. The highest BCUT2D eigenvalue weighted by molar-refractivity contribution is 5.99. The average Bonchev–Trinajstić information content (AvgIpc) is 2.79. The van der Waals surface area contributed by atoms with Crippen LogP contribution in [0.4, 0.5) is 0 Å². The molecule has 0 radical (unpaired) electrons. The minimum absolute atomic E-state index is 0.108. The number of aromatic carboxylic acids is 1. The Hall–Kier alpha value is -3.97. The van der Waals surface area contributed by atoms with Crippen LogP contribution in [-0.4, -0.2) is 45.3 Å². The largest absolute Gasteiger partial charge is 0.479 e. The molecule has 0 aliphatic rings. The van der Waals surface area contributed by atoms with Gasteiger partial charge in [-0.25, -0.2) is 9.59 Å². The molecular formula is C25H23NO6. The Balaban J connectivity index is 1.92. The normalized spacial score (nSPS) is 12.6. The van der Waals surface area contributed by atoms with E-state index in [-0.39, 0.29) is 17.5 Å². The molecule has 4 N–H and O–H groups in total. The molecule has 7 nitrogen and oxygen atoms in total. The number of aliphatic hydroxyl groups excluding tert-OH is 1. The van der Waals surface area contributed by atoms with Crippen molar-refractivity contribution in [1.82, 2.24) is 5.32 Å². The van der Waals surface area contributed by atoms with Crippen LogP contribution >= 0.6 is 0 Å². The Bertz CT molecular complexity index is 1140. The summed E-state index contributed by atoms with van der Waals surface area (Å²) in [6.07, 6.45) is -1.67. The van der Waals surface area contributed by atoms with Crippen LogP contribution in [0, 0.1) is 6.92 Å². The van der Waals surface area contributed by atoms with Crippen LogP contribution in [0.2, 0.25) is 0 Å². The second kappa shape index (κ2) is 9.89. The number of nitrogens with one attached hydrogen (secondary N) is 1. The van der Waals surface area contributed by atoms with Crippen molar-refractivity contribution >= 4 is 17.8 Å². The highest BCUT2D eigenvalue weighted by Crippen LogP contribution is 2.28. The third-order valence-electron chi connectivity index (χ3n) is 5.20. The van der Waals surface area contributed by atoms with Gasteiger partial charge in [0.05, 0.1) is 11.6 Å². The topological polar surface area (TPSA) is 124 Å². The maximum Gasteiger partial charge on any atom is 0.336 e. The van der Waals surface area contributed by atoms with Crippen LogP contribution in [0.15, 0.2) is 72.8 Å². The van der Waals surface area contributed by atoms with E-state index in [1.54, 1.807) is 60.7 Å². The van der Waals surface area contributed by atoms with Crippen LogP contribution in [0.3, 0.4) is 0 Å². The first-order valence-electron chi connectivity index (χ1n) is 9.97. The van der Waals surface area contributed by atoms with E-state index in [1.807, 2.05) is 13.0 Å². The van der Waals surface area contributed by atoms with E-state index >= 15 is 0 Å². The second-order valence-electron chi connectivity index (χ2n) is 7.43. The number of carbonyl (C=O) groups is 3. The van der Waals surface area contributed by atoms with Gasteiger partial charge in [0, 0.05) is 5.56 Å². The lowest BCUT2D eigenvalue weighted by molar-refractivity contribution is -0.148. The number of aliphatic hydroxyl groups is 1. The first kappa shape index (κ1) is 22.7. The molecule has 0 aliphatic heterocycles. The van der Waals surface area contributed by atoms with E-state index in [4.69, 9.17) is 0 Å². The lowest BCUT2D eigenvalue weighted by atomic mass is 9.94. The van der Waals surface area contributed by atoms with Gasteiger partial charge in [0.25, 0.3) is 5.91 Å². The van der Waals surface area contributed by atoms with Gasteiger partial charge in [-0.1, -0.05) is 54.6 Å². The highest BCUT2D eigenvalue weighted by Gasteiger charge is 2.28. The van der Waals surface area contributed by atoms with Crippen molar-refractivity contribution < 1.29 is 29.7 Å². The molecule has 0 aromatic heterocycles. The zero-order chi connectivity index (χ0) is 23.3. The molecule has 1 amide bonds. The molecule has 0 bridgehead atoms. The van der Waals surface area contributed by atoms with E-state index in [1.165, 1.54) is 6.07 Å². The molecule has 0 saturated heterocycles. The fourth-order valence-corrected chi connectivity index (χ4v) is 3.49. The number of benzene rings is 3. The van der Waals surface area contributed by atoms with Gasteiger partial charge in [-0.3, -0.25) is 4.79 Å². The summed E-state index contributed by atoms with van der Waals surface area (Å²) in [6.45, 7) is 1.81. The molecule has 164 valence electrons. The predicted octanol–water partition coefficient (Wildman–Crippen LogP) is 3.15. The van der Waals surface area contributed by atoms with Crippen LogP contribution < -0.4 is 5.32 Å². The van der Waals surface area contributed by atoms with Crippen molar-refractivity contribution in [1.29, 1.82) is 0 Å². The molecule has 32 heavy (non-hydrogen) atoms. The Labute approximate surface area is 185 Å². The summed E-state index contributed by atoms with van der Waals surface area (Å²) >= 11 is 0. The first-order chi connectivity index (χ1) is 15.3. The fraction of sp³-hybridized carbons (Fsp3) is 0.160. The van der Waals surface area contributed by atoms with Crippen molar-refractivity contribution in [3.63, 3.8) is 0 Å². The van der Waals surface area contributed by atoms with Gasteiger partial charge in [-0.05, 0) is 53.8 Å². The minimum Gasteiger partial charge on any atom is -0.479 e. The Kier molecular flexibility index (Phi) is 7.02. The van der Waals surface area contributed by atoms with Gasteiger partial charge in [0.1, 0.15) is 0 Å². The summed E-state index contributed by atoms with van der Waals surface area (Å²) in [5.74, 6) is -3.09. The van der Waals surface area contributed by atoms with Crippen LogP contribution in [0.5, 0.6) is 0 Å². The summed E-state index contributed by atoms with van der Waals surface area (Å²) in [5.41, 5.74) is 2.92. The number of carboxylic acid groups (broad SMARTS) is 2. The quantitative estimate of drug-likeness (QED) is 0.433. The van der Waals surface area contributed by atoms with Crippen molar-refractivity contribution in [3.8, 4) is 11.1 Å². The van der Waals surface area contributed by atoms with Crippen molar-refractivity contribution in [2.45, 2.75) is 25.5 Å². The van der Waals surface area contributed by atoms with Gasteiger partial charge >= 0.3 is 11.9 Å². The number of hydrogen-bond donors (Lipinski definition) is 4. The number of aryl methyl sites for hydroxylation is 1. The van der Waals surface area contributed by atoms with Crippen LogP contribution in [-0.2, 0) is 11.2 Å². The summed E-state index contributed by atoms with van der Waals surface area (Å²) in [6, 6.07) is 19.2. The van der Waals surface area contributed by atoms with Gasteiger partial charge in [-0.2, -0.15) is 0 Å². The summed E-state index contributed by atoms with van der Waals surface area (Å²) in [7, 11) is 0. The predicted molar refractivity (Wildman–Crippen MR) is 119 cm³/mol. The van der Waals surface area contributed by atoms with Gasteiger partial charge in [0.2, 0.25) is 0 Å². The average molecular weight is 433 g/mol. The van der Waals surface area contributed by atoms with Crippen LogP contribution in [0.25, 0.3) is 11.1 Å². The molecule has 7 heteroatoms. The van der Waals surface area contributed by atoms with Crippen molar-refractivity contribution in [2.24, 2.45) is 0 Å². The second-order valence-corrected chi connectivity index (χ2v) is 7.43. The fourth-order valence-electron chi connectivity index (χ4n) is 3.49. The highest BCUT2D eigenvalue weighted by atomic mass is 16.4. The molecular weight excluding hydrogens is 410 g/mol. The van der Waals surface area contributed by atoms with Gasteiger partial charge < -0.3 is 20.6 Å². The molecule has 3 rings (SSSR count). The SMILES string of the molecule is Cc1ccc(C(=O)N[C@H](Cc2ccccc2)[C@@H](O)C(=O)O)cc1-c1ccccc1C(=O)O. The number of carbonyl (C=O) groups excluding carboxylic acids is 1. The Morgan fingerprint density at radius 1 is 0.875 bits per heavy atom. The lowest BCUT2D eigenvalue weighted by Crippen LogP contribution is -2.48. The molecule has 0 unspecified atom stereocenters. The van der Waals surface area contributed by atoms with E-state index in [0.717, 1.165) is 11.1 Å². The molecule has 3 aromatic rings. The Morgan fingerprint density at radius 3 is 2.19 bits per heavy atom. The number of hydrogen-bond acceptors (Lipinski definition) is 4. The third kappa shape index (κ3) is 5.19. The monoisotopic (exact) mass is 433 g/mol. The molecule has 0 aliphatic carbocycles. The summed E-state index contributed by atoms with van der Waals surface area (Å²) in [5, 5.41) is 31.5. The molecule has 2 atom stereocenters. The first-order valence-corrected chi connectivity index (χ1v) is 9.97. The van der Waals surface area contributed by atoms with Gasteiger partial charge in [-0.15, -0.1) is 0 Å². The number of aliphatic carboxylic acids is 1. The van der Waals surface area contributed by atoms with Gasteiger partial charge in [0.15, 0.2) is 6.10 Å². The molecule has 0 heterocycles. The zero-order valence-corrected chi connectivity index (χ0v) is 17.4. The zero-order valence-electron chi connectivity index (χ0n) is 17.4. The van der Waals surface area contributed by atoms with Crippen molar-refractivity contribution in [2.75, 3.05) is 0 Å². The third-order valence-corrected chi connectivity index (χ3v) is 5.20. The van der Waals surface area contributed by atoms with E-state index in [9.17, 15) is 29.7 Å². The number of carboxylic acids is 2. The van der Waals surface area contributed by atoms with E-state index in [2.05, 4.69) is 5.32 Å². The van der Waals surface area contributed by atoms with Crippen molar-refractivity contribution in [3.05, 3.63) is 95.1 Å². The molecule has 0 spiro atoms. The molecule has 0 saturated carbocycles. The minimum atomic E-state index is -1.79. The van der Waals surface area contributed by atoms with Crippen LogP contribution in [0.1, 0.15) is 31.8 Å². The summed E-state index contributed by atoms with van der Waals surface area (Å²) in [4.78, 5) is 36.0. The lowest BCUT2D eigenvalue weighted by Gasteiger charge is -2.22. The molecule has 0 fully saturated rings. The number of rotatable bonds is 8. The van der Waals surface area contributed by atoms with E-state index < -0.39 is 30.0 Å². The Morgan fingerprint density at radius 2 is 1.53 bits per heavy atom.